The molecule has 1 aromatic carbocycles. The molecule has 1 aliphatic rings. The van der Waals surface area contributed by atoms with E-state index in [1.807, 2.05) is 6.07 Å². The molecule has 0 amide bonds. The van der Waals surface area contributed by atoms with E-state index in [-0.39, 0.29) is 11.5 Å². The topological polar surface area (TPSA) is 29.3 Å². The predicted molar refractivity (Wildman–Crippen MR) is 69.1 cm³/mol. The molecule has 0 bridgehead atoms. The lowest BCUT2D eigenvalue weighted by atomic mass is 10.1. The number of hydrogen-bond donors (Lipinski definition) is 1. The molecule has 0 atom stereocenters. The molecule has 2 rings (SSSR count). The summed E-state index contributed by atoms with van der Waals surface area (Å²) in [6.07, 6.45) is 2.56. The molecule has 1 fully saturated rings. The summed E-state index contributed by atoms with van der Waals surface area (Å²) in [6.45, 7) is 6.36. The molecular formula is C14H21FN2. The van der Waals surface area contributed by atoms with Crippen LogP contribution < -0.4 is 5.73 Å². The van der Waals surface area contributed by atoms with Crippen LogP contribution in [0.1, 0.15) is 32.3 Å². The summed E-state index contributed by atoms with van der Waals surface area (Å²) in [4.78, 5) is 2.45. The summed E-state index contributed by atoms with van der Waals surface area (Å²) in [5.74, 6) is 0.344. The zero-order valence-electron chi connectivity index (χ0n) is 10.6. The SMILES string of the molecule is CC(C)CN(Cc1ccc(N)c(F)c1)C1CC1. The lowest BCUT2D eigenvalue weighted by Crippen LogP contribution is -2.29. The Labute approximate surface area is 103 Å². The Balaban J connectivity index is 2.03. The molecule has 2 nitrogen and oxygen atoms in total. The summed E-state index contributed by atoms with van der Waals surface area (Å²) in [6, 6.07) is 5.85. The standard InChI is InChI=1S/C14H21FN2/c1-10(2)8-17(12-4-5-12)9-11-3-6-14(16)13(15)7-11/h3,6-7,10,12H,4-5,8-9,16H2,1-2H3. The van der Waals surface area contributed by atoms with Gasteiger partial charge in [-0.1, -0.05) is 19.9 Å². The highest BCUT2D eigenvalue weighted by Gasteiger charge is 2.29. The van der Waals surface area contributed by atoms with Crippen molar-refractivity contribution in [3.05, 3.63) is 29.6 Å². The molecule has 1 aliphatic carbocycles. The van der Waals surface area contributed by atoms with Crippen LogP contribution in [-0.4, -0.2) is 17.5 Å². The third kappa shape index (κ3) is 3.43. The second-order valence-corrected chi connectivity index (χ2v) is 5.41. The molecule has 0 aromatic heterocycles. The second kappa shape index (κ2) is 5.05. The summed E-state index contributed by atoms with van der Waals surface area (Å²) in [7, 11) is 0. The van der Waals surface area contributed by atoms with E-state index in [9.17, 15) is 4.39 Å². The number of anilines is 1. The van der Waals surface area contributed by atoms with E-state index in [1.165, 1.54) is 12.8 Å². The van der Waals surface area contributed by atoms with Crippen molar-refractivity contribution in [1.82, 2.24) is 4.90 Å². The number of hydrogen-bond acceptors (Lipinski definition) is 2. The highest BCUT2D eigenvalue weighted by molar-refractivity contribution is 5.41. The lowest BCUT2D eigenvalue weighted by Gasteiger charge is -2.24. The first kappa shape index (κ1) is 12.4. The Morgan fingerprint density at radius 1 is 1.41 bits per heavy atom. The summed E-state index contributed by atoms with van der Waals surface area (Å²) < 4.78 is 13.4. The smallest absolute Gasteiger partial charge is 0.146 e. The van der Waals surface area contributed by atoms with Crippen molar-refractivity contribution >= 4 is 5.69 Å². The van der Waals surface area contributed by atoms with Gasteiger partial charge in [0.15, 0.2) is 0 Å². The van der Waals surface area contributed by atoms with Gasteiger partial charge in [-0.25, -0.2) is 4.39 Å². The monoisotopic (exact) mass is 236 g/mol. The number of nitrogens with two attached hydrogens (primary N) is 1. The molecule has 0 aliphatic heterocycles. The van der Waals surface area contributed by atoms with E-state index in [4.69, 9.17) is 5.73 Å². The molecule has 0 spiro atoms. The van der Waals surface area contributed by atoms with Gasteiger partial charge in [0, 0.05) is 19.1 Å². The third-order valence-corrected chi connectivity index (χ3v) is 3.11. The minimum absolute atomic E-state index is 0.232. The molecule has 0 saturated heterocycles. The van der Waals surface area contributed by atoms with Crippen molar-refractivity contribution in [2.45, 2.75) is 39.3 Å². The van der Waals surface area contributed by atoms with Crippen molar-refractivity contribution in [3.63, 3.8) is 0 Å². The first-order chi connectivity index (χ1) is 8.06. The Morgan fingerprint density at radius 2 is 2.12 bits per heavy atom. The van der Waals surface area contributed by atoms with Crippen molar-refractivity contribution in [3.8, 4) is 0 Å². The van der Waals surface area contributed by atoms with Crippen LogP contribution in [0.15, 0.2) is 18.2 Å². The molecular weight excluding hydrogens is 215 g/mol. The van der Waals surface area contributed by atoms with Crippen LogP contribution in [0, 0.1) is 11.7 Å². The van der Waals surface area contributed by atoms with E-state index in [1.54, 1.807) is 12.1 Å². The average Bonchev–Trinajstić information content (AvgIpc) is 3.05. The van der Waals surface area contributed by atoms with Crippen LogP contribution in [0.2, 0.25) is 0 Å². The van der Waals surface area contributed by atoms with E-state index in [2.05, 4.69) is 18.7 Å². The number of nitrogens with zero attached hydrogens (tertiary/aromatic N) is 1. The van der Waals surface area contributed by atoms with Crippen molar-refractivity contribution < 1.29 is 4.39 Å². The van der Waals surface area contributed by atoms with Crippen LogP contribution in [0.5, 0.6) is 0 Å². The Hall–Kier alpha value is -1.09. The van der Waals surface area contributed by atoms with E-state index >= 15 is 0 Å². The van der Waals surface area contributed by atoms with E-state index < -0.39 is 0 Å². The zero-order chi connectivity index (χ0) is 12.4. The molecule has 3 heteroatoms. The summed E-state index contributed by atoms with van der Waals surface area (Å²) in [5.41, 5.74) is 6.73. The molecule has 2 N–H and O–H groups in total. The maximum Gasteiger partial charge on any atom is 0.146 e. The van der Waals surface area contributed by atoms with Gasteiger partial charge in [0.1, 0.15) is 5.82 Å². The Bertz CT molecular complexity index is 386. The minimum Gasteiger partial charge on any atom is -0.396 e. The number of rotatable bonds is 5. The fourth-order valence-electron chi connectivity index (χ4n) is 2.15. The van der Waals surface area contributed by atoms with Crippen molar-refractivity contribution in [1.29, 1.82) is 0 Å². The van der Waals surface area contributed by atoms with Crippen LogP contribution in [0.4, 0.5) is 10.1 Å². The minimum atomic E-state index is -0.303. The molecule has 1 saturated carbocycles. The Kier molecular flexibility index (Phi) is 3.67. The number of nitrogen functional groups attached to an aromatic ring is 1. The third-order valence-electron chi connectivity index (χ3n) is 3.11. The number of benzene rings is 1. The molecule has 17 heavy (non-hydrogen) atoms. The Morgan fingerprint density at radius 3 is 2.65 bits per heavy atom. The first-order valence-corrected chi connectivity index (χ1v) is 6.34. The van der Waals surface area contributed by atoms with Gasteiger partial charge < -0.3 is 5.73 Å². The second-order valence-electron chi connectivity index (χ2n) is 5.41. The highest BCUT2D eigenvalue weighted by Crippen LogP contribution is 2.29. The van der Waals surface area contributed by atoms with Gasteiger partial charge in [-0.3, -0.25) is 4.90 Å². The maximum atomic E-state index is 13.4. The first-order valence-electron chi connectivity index (χ1n) is 6.34. The highest BCUT2D eigenvalue weighted by atomic mass is 19.1. The molecule has 1 aromatic rings. The normalized spacial score (nSPS) is 15.8. The van der Waals surface area contributed by atoms with Gasteiger partial charge in [-0.05, 0) is 36.5 Å². The van der Waals surface area contributed by atoms with Crippen molar-refractivity contribution in [2.75, 3.05) is 12.3 Å². The average molecular weight is 236 g/mol. The summed E-state index contributed by atoms with van der Waals surface area (Å²) >= 11 is 0. The predicted octanol–water partition coefficient (Wildman–Crippen LogP) is 3.03. The molecule has 0 heterocycles. The van der Waals surface area contributed by atoms with Crippen LogP contribution >= 0.6 is 0 Å². The largest absolute Gasteiger partial charge is 0.396 e. The van der Waals surface area contributed by atoms with Crippen LogP contribution in [0.3, 0.4) is 0 Å². The van der Waals surface area contributed by atoms with E-state index in [0.29, 0.717) is 12.0 Å². The maximum absolute atomic E-state index is 13.4. The molecule has 0 unspecified atom stereocenters. The van der Waals surface area contributed by atoms with Crippen molar-refractivity contribution in [2.24, 2.45) is 5.92 Å². The van der Waals surface area contributed by atoms with Gasteiger partial charge in [-0.15, -0.1) is 0 Å². The molecule has 94 valence electrons. The van der Waals surface area contributed by atoms with Gasteiger partial charge in [0.05, 0.1) is 5.69 Å². The van der Waals surface area contributed by atoms with Gasteiger partial charge in [0.2, 0.25) is 0 Å². The van der Waals surface area contributed by atoms with Crippen LogP contribution in [0.25, 0.3) is 0 Å². The van der Waals surface area contributed by atoms with Gasteiger partial charge in [-0.2, -0.15) is 0 Å². The zero-order valence-corrected chi connectivity index (χ0v) is 10.6. The van der Waals surface area contributed by atoms with Crippen LogP contribution in [-0.2, 0) is 6.54 Å². The van der Waals surface area contributed by atoms with E-state index in [0.717, 1.165) is 18.7 Å². The lowest BCUT2D eigenvalue weighted by molar-refractivity contribution is 0.226. The summed E-state index contributed by atoms with van der Waals surface area (Å²) in [5, 5.41) is 0. The number of halogens is 1. The molecule has 0 radical (unpaired) electrons. The fourth-order valence-corrected chi connectivity index (χ4v) is 2.15. The van der Waals surface area contributed by atoms with Gasteiger partial charge >= 0.3 is 0 Å². The fraction of sp³-hybridized carbons (Fsp3) is 0.571. The quantitative estimate of drug-likeness (QED) is 0.796. The van der Waals surface area contributed by atoms with Gasteiger partial charge in [0.25, 0.3) is 0 Å².